The first-order valence-electron chi connectivity index (χ1n) is 17.2. The van der Waals surface area contributed by atoms with Crippen LogP contribution in [0.15, 0.2) is 174 Å². The first-order valence-corrected chi connectivity index (χ1v) is 17.2. The maximum atomic E-state index is 10.7. The van der Waals surface area contributed by atoms with Crippen molar-refractivity contribution in [2.24, 2.45) is 0 Å². The van der Waals surface area contributed by atoms with Gasteiger partial charge in [-0.1, -0.05) is 146 Å². The summed E-state index contributed by atoms with van der Waals surface area (Å²) in [6.07, 6.45) is 0. The standard InChI is InChI=1S/C47H28N4O/c48-29-38-43(31-17-6-2-7-18-31)49-47(50-44(38)32-19-8-3-9-20-32)42-33(30-15-4-1-5-16-30)23-14-25-40(42)51-39-24-12-10-21-34(39)36-27-28-37-35-22-11-13-26-41(35)52-46(37)45(36)51/h1-28H. The van der Waals surface area contributed by atoms with Crippen molar-refractivity contribution in [3.8, 4) is 56.8 Å². The van der Waals surface area contributed by atoms with Crippen LogP contribution in [-0.4, -0.2) is 14.5 Å². The van der Waals surface area contributed by atoms with E-state index >= 15 is 0 Å². The van der Waals surface area contributed by atoms with E-state index in [0.29, 0.717) is 22.8 Å². The molecular formula is C47H28N4O. The van der Waals surface area contributed by atoms with E-state index in [1.54, 1.807) is 0 Å². The number of nitriles is 1. The smallest absolute Gasteiger partial charge is 0.163 e. The van der Waals surface area contributed by atoms with Crippen LogP contribution in [-0.2, 0) is 0 Å². The average molecular weight is 665 g/mol. The van der Waals surface area contributed by atoms with Crippen LogP contribution in [0.2, 0.25) is 0 Å². The third-order valence-corrected chi connectivity index (χ3v) is 9.89. The monoisotopic (exact) mass is 664 g/mol. The van der Waals surface area contributed by atoms with Gasteiger partial charge in [-0.2, -0.15) is 5.26 Å². The molecule has 10 aromatic rings. The number of para-hydroxylation sites is 2. The molecule has 52 heavy (non-hydrogen) atoms. The molecule has 0 unspecified atom stereocenters. The molecule has 0 amide bonds. The highest BCUT2D eigenvalue weighted by atomic mass is 16.3. The first-order chi connectivity index (χ1) is 25.8. The molecule has 0 N–H and O–H groups in total. The maximum Gasteiger partial charge on any atom is 0.163 e. The summed E-state index contributed by atoms with van der Waals surface area (Å²) in [7, 11) is 0. The van der Waals surface area contributed by atoms with Gasteiger partial charge in [-0.3, -0.25) is 0 Å². The molecule has 5 heteroatoms. The van der Waals surface area contributed by atoms with Crippen LogP contribution in [0.3, 0.4) is 0 Å². The largest absolute Gasteiger partial charge is 0.454 e. The SMILES string of the molecule is N#Cc1c(-c2ccccc2)nc(-c2c(-c3ccccc3)cccc2-n2c3ccccc3c3ccc4c5ccccc5oc4c32)nc1-c1ccccc1. The van der Waals surface area contributed by atoms with Crippen molar-refractivity contribution in [1.29, 1.82) is 5.26 Å². The lowest BCUT2D eigenvalue weighted by molar-refractivity contribution is 0.671. The number of hydrogen-bond donors (Lipinski definition) is 0. The van der Waals surface area contributed by atoms with Crippen molar-refractivity contribution in [2.45, 2.75) is 0 Å². The van der Waals surface area contributed by atoms with Crippen molar-refractivity contribution in [3.63, 3.8) is 0 Å². The molecule has 0 radical (unpaired) electrons. The Hall–Kier alpha value is -7.29. The van der Waals surface area contributed by atoms with E-state index in [9.17, 15) is 5.26 Å². The molecule has 0 spiro atoms. The summed E-state index contributed by atoms with van der Waals surface area (Å²) in [5, 5.41) is 15.0. The van der Waals surface area contributed by atoms with Gasteiger partial charge >= 0.3 is 0 Å². The Bertz CT molecular complexity index is 2950. The minimum atomic E-state index is 0.431. The number of fused-ring (bicyclic) bond motifs is 7. The van der Waals surface area contributed by atoms with Gasteiger partial charge in [0.15, 0.2) is 11.4 Å². The van der Waals surface area contributed by atoms with Gasteiger partial charge in [-0.25, -0.2) is 9.97 Å². The molecule has 7 aromatic carbocycles. The van der Waals surface area contributed by atoms with E-state index in [2.05, 4.69) is 102 Å². The second-order valence-corrected chi connectivity index (χ2v) is 12.8. The van der Waals surface area contributed by atoms with Gasteiger partial charge in [0.25, 0.3) is 0 Å². The zero-order chi connectivity index (χ0) is 34.6. The predicted molar refractivity (Wildman–Crippen MR) is 210 cm³/mol. The van der Waals surface area contributed by atoms with Gasteiger partial charge in [0.2, 0.25) is 0 Å². The van der Waals surface area contributed by atoms with Gasteiger partial charge in [0, 0.05) is 32.7 Å². The number of aromatic nitrogens is 3. The summed E-state index contributed by atoms with van der Waals surface area (Å²) in [6.45, 7) is 0. The molecule has 0 saturated heterocycles. The van der Waals surface area contributed by atoms with E-state index < -0.39 is 0 Å². The lowest BCUT2D eigenvalue weighted by Gasteiger charge is -2.19. The van der Waals surface area contributed by atoms with Crippen LogP contribution in [0.1, 0.15) is 5.56 Å². The van der Waals surface area contributed by atoms with Gasteiger partial charge in [0.1, 0.15) is 17.2 Å². The zero-order valence-corrected chi connectivity index (χ0v) is 27.9. The van der Waals surface area contributed by atoms with Crippen molar-refractivity contribution in [2.75, 3.05) is 0 Å². The highest BCUT2D eigenvalue weighted by Crippen LogP contribution is 2.44. The molecule has 0 atom stereocenters. The molecule has 0 fully saturated rings. The van der Waals surface area contributed by atoms with E-state index in [1.807, 2.05) is 78.9 Å². The van der Waals surface area contributed by atoms with E-state index in [-0.39, 0.29) is 0 Å². The van der Waals surface area contributed by atoms with Crippen LogP contribution in [0.5, 0.6) is 0 Å². The van der Waals surface area contributed by atoms with Gasteiger partial charge in [-0.05, 0) is 35.4 Å². The number of nitrogens with zero attached hydrogens (tertiary/aromatic N) is 4. The Morgan fingerprint density at radius 1 is 0.500 bits per heavy atom. The highest BCUT2D eigenvalue weighted by molar-refractivity contribution is 6.21. The van der Waals surface area contributed by atoms with Crippen LogP contribution < -0.4 is 0 Å². The fourth-order valence-electron chi connectivity index (χ4n) is 7.59. The number of rotatable bonds is 5. The van der Waals surface area contributed by atoms with Crippen molar-refractivity contribution in [3.05, 3.63) is 175 Å². The molecular weight excluding hydrogens is 637 g/mol. The zero-order valence-electron chi connectivity index (χ0n) is 27.9. The third kappa shape index (κ3) is 4.56. The van der Waals surface area contributed by atoms with Crippen LogP contribution in [0, 0.1) is 11.3 Å². The fourth-order valence-corrected chi connectivity index (χ4v) is 7.59. The minimum Gasteiger partial charge on any atom is -0.454 e. The van der Waals surface area contributed by atoms with Gasteiger partial charge < -0.3 is 8.98 Å². The van der Waals surface area contributed by atoms with E-state index in [4.69, 9.17) is 14.4 Å². The maximum absolute atomic E-state index is 10.7. The van der Waals surface area contributed by atoms with Crippen molar-refractivity contribution >= 4 is 43.7 Å². The Morgan fingerprint density at radius 3 is 1.75 bits per heavy atom. The Labute approximate surface area is 299 Å². The van der Waals surface area contributed by atoms with Gasteiger partial charge in [-0.15, -0.1) is 0 Å². The predicted octanol–water partition coefficient (Wildman–Crippen LogP) is 12.0. The minimum absolute atomic E-state index is 0.431. The summed E-state index contributed by atoms with van der Waals surface area (Å²) in [5.41, 5.74) is 10.7. The second-order valence-electron chi connectivity index (χ2n) is 12.8. The molecule has 0 aliphatic carbocycles. The normalized spacial score (nSPS) is 11.4. The molecule has 10 rings (SSSR count). The van der Waals surface area contributed by atoms with Crippen molar-refractivity contribution < 1.29 is 4.42 Å². The third-order valence-electron chi connectivity index (χ3n) is 9.89. The lowest BCUT2D eigenvalue weighted by Crippen LogP contribution is -2.05. The number of benzene rings is 7. The Morgan fingerprint density at radius 2 is 1.08 bits per heavy atom. The molecule has 3 aromatic heterocycles. The lowest BCUT2D eigenvalue weighted by atomic mass is 9.95. The summed E-state index contributed by atoms with van der Waals surface area (Å²) < 4.78 is 9.02. The molecule has 0 aliphatic rings. The summed E-state index contributed by atoms with van der Waals surface area (Å²) >= 11 is 0. The van der Waals surface area contributed by atoms with Crippen LogP contribution in [0.4, 0.5) is 0 Å². The topological polar surface area (TPSA) is 67.6 Å². The molecule has 0 bridgehead atoms. The molecule has 242 valence electrons. The van der Waals surface area contributed by atoms with Gasteiger partial charge in [0.05, 0.1) is 33.7 Å². The summed E-state index contributed by atoms with van der Waals surface area (Å²) in [5.74, 6) is 0.522. The average Bonchev–Trinajstić information content (AvgIpc) is 3.77. The molecule has 0 aliphatic heterocycles. The van der Waals surface area contributed by atoms with Crippen molar-refractivity contribution in [1.82, 2.24) is 14.5 Å². The second kappa shape index (κ2) is 11.9. The van der Waals surface area contributed by atoms with E-state index in [1.165, 1.54) is 0 Å². The molecule has 5 nitrogen and oxygen atoms in total. The van der Waals surface area contributed by atoms with Crippen LogP contribution in [0.25, 0.3) is 94.5 Å². The fraction of sp³-hybridized carbons (Fsp3) is 0. The summed E-state index contributed by atoms with van der Waals surface area (Å²) in [4.78, 5) is 10.6. The van der Waals surface area contributed by atoms with E-state index in [0.717, 1.165) is 77.2 Å². The quantitative estimate of drug-likeness (QED) is 0.184. The number of hydrogen-bond acceptors (Lipinski definition) is 4. The molecule has 0 saturated carbocycles. The highest BCUT2D eigenvalue weighted by Gasteiger charge is 2.26. The first kappa shape index (κ1) is 29.6. The summed E-state index contributed by atoms with van der Waals surface area (Å²) in [6, 6.07) is 60.1. The Kier molecular flexibility index (Phi) is 6.80. The number of furan rings is 1. The molecule has 3 heterocycles. The van der Waals surface area contributed by atoms with Crippen LogP contribution >= 0.6 is 0 Å². The Balaban J connectivity index is 1.39.